The Kier molecular flexibility index (Phi) is 3.88. The Balaban J connectivity index is 2.34. The number of hydrogen-bond acceptors (Lipinski definition) is 5. The maximum Gasteiger partial charge on any atom is 0.237 e. The molecule has 1 aromatic carbocycles. The summed E-state index contributed by atoms with van der Waals surface area (Å²) in [7, 11) is 2.94. The topological polar surface area (TPSA) is 87.5 Å². The van der Waals surface area contributed by atoms with E-state index in [1.807, 2.05) is 6.07 Å². The highest BCUT2D eigenvalue weighted by atomic mass is 35.7. The summed E-state index contributed by atoms with van der Waals surface area (Å²) in [5, 5.41) is 8.09. The summed E-state index contributed by atoms with van der Waals surface area (Å²) >= 11 is 0. The molecule has 106 valence electrons. The van der Waals surface area contributed by atoms with Gasteiger partial charge in [0.2, 0.25) is 15.0 Å². The number of rotatable bonds is 3. The molecule has 2 rings (SSSR count). The molecule has 0 bridgehead atoms. The van der Waals surface area contributed by atoms with E-state index in [1.165, 1.54) is 18.1 Å². The Morgan fingerprint density at radius 2 is 2.20 bits per heavy atom. The van der Waals surface area contributed by atoms with Gasteiger partial charge in [-0.15, -0.1) is 0 Å². The van der Waals surface area contributed by atoms with Crippen LogP contribution < -0.4 is 9.64 Å². The molecule has 1 fully saturated rings. The molecule has 0 radical (unpaired) electrons. The van der Waals surface area contributed by atoms with Gasteiger partial charge in [-0.25, -0.2) is 8.42 Å². The molecule has 1 saturated heterocycles. The van der Waals surface area contributed by atoms with Gasteiger partial charge in [0.25, 0.3) is 0 Å². The van der Waals surface area contributed by atoms with Crippen molar-refractivity contribution >= 4 is 31.3 Å². The van der Waals surface area contributed by atoms with Crippen LogP contribution in [0, 0.1) is 11.3 Å². The second-order valence-electron chi connectivity index (χ2n) is 4.30. The number of amides is 1. The van der Waals surface area contributed by atoms with Crippen molar-refractivity contribution in [3.8, 4) is 11.8 Å². The molecule has 1 aromatic rings. The lowest BCUT2D eigenvalue weighted by atomic mass is 10.2. The van der Waals surface area contributed by atoms with E-state index >= 15 is 0 Å². The molecule has 1 aliphatic heterocycles. The molecule has 20 heavy (non-hydrogen) atoms. The number of benzene rings is 1. The molecular weight excluding hydrogens is 304 g/mol. The van der Waals surface area contributed by atoms with Crippen molar-refractivity contribution in [3.63, 3.8) is 0 Å². The number of carbonyl (C=O) groups excluding carboxylic acids is 1. The van der Waals surface area contributed by atoms with Gasteiger partial charge in [-0.2, -0.15) is 5.26 Å². The summed E-state index contributed by atoms with van der Waals surface area (Å²) in [5.41, 5.74) is 0.727. The normalized spacial score (nSPS) is 18.9. The number of ether oxygens (including phenoxy) is 1. The first-order valence-electron chi connectivity index (χ1n) is 5.68. The average molecular weight is 315 g/mol. The van der Waals surface area contributed by atoms with Crippen molar-refractivity contribution in [2.24, 2.45) is 0 Å². The zero-order valence-electron chi connectivity index (χ0n) is 10.5. The summed E-state index contributed by atoms with van der Waals surface area (Å²) in [4.78, 5) is 13.2. The number of nitriles is 1. The standard InChI is InChI=1S/C12H11ClN2O4S/c1-19-11-3-2-9(4-8(11)6-14)15-7-10(5-12(15)16)20(13,17)18/h2-4,10H,5,7H2,1H3. The smallest absolute Gasteiger partial charge is 0.237 e. The highest BCUT2D eigenvalue weighted by Crippen LogP contribution is 2.30. The Bertz CT molecular complexity index is 696. The van der Waals surface area contributed by atoms with E-state index in [4.69, 9.17) is 20.7 Å². The van der Waals surface area contributed by atoms with Crippen LogP contribution in [-0.2, 0) is 13.8 Å². The molecule has 1 atom stereocenters. The van der Waals surface area contributed by atoms with E-state index in [9.17, 15) is 13.2 Å². The van der Waals surface area contributed by atoms with Crippen molar-refractivity contribution in [3.05, 3.63) is 23.8 Å². The van der Waals surface area contributed by atoms with Gasteiger partial charge in [0, 0.05) is 29.3 Å². The van der Waals surface area contributed by atoms with Gasteiger partial charge in [0.1, 0.15) is 17.1 Å². The minimum absolute atomic E-state index is 0.0120. The highest BCUT2D eigenvalue weighted by Gasteiger charge is 2.38. The number of carbonyl (C=O) groups is 1. The van der Waals surface area contributed by atoms with E-state index in [-0.39, 0.29) is 24.4 Å². The molecule has 6 nitrogen and oxygen atoms in total. The monoisotopic (exact) mass is 314 g/mol. The lowest BCUT2D eigenvalue weighted by Gasteiger charge is -2.17. The first-order chi connectivity index (χ1) is 9.36. The van der Waals surface area contributed by atoms with Crippen molar-refractivity contribution < 1.29 is 17.9 Å². The Hall–Kier alpha value is -1.78. The third kappa shape index (κ3) is 2.71. The Morgan fingerprint density at radius 3 is 2.70 bits per heavy atom. The minimum Gasteiger partial charge on any atom is -0.495 e. The maximum atomic E-state index is 11.9. The van der Waals surface area contributed by atoms with Gasteiger partial charge in [0.15, 0.2) is 0 Å². The molecule has 0 saturated carbocycles. The van der Waals surface area contributed by atoms with Crippen LogP contribution in [0.2, 0.25) is 0 Å². The number of halogens is 1. The van der Waals surface area contributed by atoms with Crippen LogP contribution in [0.4, 0.5) is 5.69 Å². The molecule has 0 aromatic heterocycles. The van der Waals surface area contributed by atoms with Crippen LogP contribution >= 0.6 is 10.7 Å². The average Bonchev–Trinajstić information content (AvgIpc) is 2.80. The van der Waals surface area contributed by atoms with E-state index in [0.29, 0.717) is 11.4 Å². The molecule has 1 unspecified atom stereocenters. The molecule has 1 amide bonds. The van der Waals surface area contributed by atoms with Crippen molar-refractivity contribution in [1.29, 1.82) is 5.26 Å². The molecule has 1 heterocycles. The number of anilines is 1. The van der Waals surface area contributed by atoms with E-state index < -0.39 is 14.3 Å². The summed E-state index contributed by atoms with van der Waals surface area (Å²) in [6, 6.07) is 6.60. The first-order valence-corrected chi connectivity index (χ1v) is 8.06. The SMILES string of the molecule is COc1ccc(N2CC(S(=O)(=O)Cl)CC2=O)cc1C#N. The van der Waals surface area contributed by atoms with E-state index in [0.717, 1.165) is 0 Å². The fourth-order valence-electron chi connectivity index (χ4n) is 2.06. The predicted molar refractivity (Wildman–Crippen MR) is 73.2 cm³/mol. The summed E-state index contributed by atoms with van der Waals surface area (Å²) in [5.74, 6) is 0.0534. The minimum atomic E-state index is -3.78. The third-order valence-electron chi connectivity index (χ3n) is 3.10. The van der Waals surface area contributed by atoms with Crippen molar-refractivity contribution in [2.75, 3.05) is 18.6 Å². The zero-order valence-corrected chi connectivity index (χ0v) is 12.1. The zero-order chi connectivity index (χ0) is 14.9. The maximum absolute atomic E-state index is 11.9. The molecule has 1 aliphatic rings. The Labute approximate surface area is 120 Å². The third-order valence-corrected chi connectivity index (χ3v) is 4.97. The van der Waals surface area contributed by atoms with E-state index in [1.54, 1.807) is 12.1 Å². The summed E-state index contributed by atoms with van der Waals surface area (Å²) < 4.78 is 27.6. The number of nitrogens with zero attached hydrogens (tertiary/aromatic N) is 2. The van der Waals surface area contributed by atoms with Crippen LogP contribution in [0.3, 0.4) is 0 Å². The predicted octanol–water partition coefficient (Wildman–Crippen LogP) is 1.24. The van der Waals surface area contributed by atoms with Gasteiger partial charge in [-0.05, 0) is 18.2 Å². The molecule has 0 aliphatic carbocycles. The van der Waals surface area contributed by atoms with Crippen LogP contribution in [0.1, 0.15) is 12.0 Å². The summed E-state index contributed by atoms with van der Waals surface area (Å²) in [6.45, 7) is -0.0120. The van der Waals surface area contributed by atoms with E-state index in [2.05, 4.69) is 0 Å². The van der Waals surface area contributed by atoms with Crippen LogP contribution in [0.5, 0.6) is 5.75 Å². The largest absolute Gasteiger partial charge is 0.495 e. The molecule has 0 N–H and O–H groups in total. The van der Waals surface area contributed by atoms with Crippen molar-refractivity contribution in [2.45, 2.75) is 11.7 Å². The molecule has 0 spiro atoms. The van der Waals surface area contributed by atoms with Crippen molar-refractivity contribution in [1.82, 2.24) is 0 Å². The van der Waals surface area contributed by atoms with Crippen LogP contribution in [-0.4, -0.2) is 33.2 Å². The second-order valence-corrected chi connectivity index (χ2v) is 7.21. The van der Waals surface area contributed by atoms with Crippen LogP contribution in [0.25, 0.3) is 0 Å². The number of methoxy groups -OCH3 is 1. The van der Waals surface area contributed by atoms with Gasteiger partial charge >= 0.3 is 0 Å². The van der Waals surface area contributed by atoms with Gasteiger partial charge in [0.05, 0.1) is 12.7 Å². The lowest BCUT2D eigenvalue weighted by molar-refractivity contribution is -0.117. The lowest BCUT2D eigenvalue weighted by Crippen LogP contribution is -2.26. The fourth-order valence-corrected chi connectivity index (χ4v) is 3.09. The fraction of sp³-hybridized carbons (Fsp3) is 0.333. The van der Waals surface area contributed by atoms with Crippen LogP contribution in [0.15, 0.2) is 18.2 Å². The molecular formula is C12H11ClN2O4S. The Morgan fingerprint density at radius 1 is 1.50 bits per heavy atom. The number of hydrogen-bond donors (Lipinski definition) is 0. The highest BCUT2D eigenvalue weighted by molar-refractivity contribution is 8.14. The van der Waals surface area contributed by atoms with Gasteiger partial charge < -0.3 is 9.64 Å². The summed E-state index contributed by atoms with van der Waals surface area (Å²) in [6.07, 6.45) is -0.153. The quantitative estimate of drug-likeness (QED) is 0.783. The van der Waals surface area contributed by atoms with Gasteiger partial charge in [-0.1, -0.05) is 0 Å². The van der Waals surface area contributed by atoms with Gasteiger partial charge in [-0.3, -0.25) is 4.79 Å². The molecule has 8 heteroatoms. The second kappa shape index (κ2) is 5.31. The first kappa shape index (κ1) is 14.6.